The largest absolute Gasteiger partial charge is 0.427 e. The molecule has 0 saturated carbocycles. The molecular weight excluding hydrogens is 412 g/mol. The third kappa shape index (κ3) is 3.41. The van der Waals surface area contributed by atoms with E-state index < -0.39 is 0 Å². The van der Waals surface area contributed by atoms with Crippen molar-refractivity contribution in [3.8, 4) is 0 Å². The van der Waals surface area contributed by atoms with E-state index in [0.29, 0.717) is 22.8 Å². The van der Waals surface area contributed by atoms with Gasteiger partial charge in [0.1, 0.15) is 23.6 Å². The van der Waals surface area contributed by atoms with Crippen LogP contribution in [0.25, 0.3) is 0 Å². The first-order valence-corrected chi connectivity index (χ1v) is 10.6. The summed E-state index contributed by atoms with van der Waals surface area (Å²) in [6.07, 6.45) is 2.20. The molecule has 2 aromatic carbocycles. The smallest absolute Gasteiger partial charge is 0.360 e. The maximum Gasteiger partial charge on any atom is 0.427 e. The molecule has 0 radical (unpaired) electrons. The summed E-state index contributed by atoms with van der Waals surface area (Å²) in [6, 6.07) is 15.1. The third-order valence-electron chi connectivity index (χ3n) is 5.60. The summed E-state index contributed by atoms with van der Waals surface area (Å²) in [5, 5.41) is 10.6. The van der Waals surface area contributed by atoms with Gasteiger partial charge in [-0.3, -0.25) is 0 Å². The van der Waals surface area contributed by atoms with Gasteiger partial charge < -0.3 is 16.0 Å². The highest BCUT2D eigenvalue weighted by atomic mass is 35.5. The van der Waals surface area contributed by atoms with E-state index in [1.165, 1.54) is 6.33 Å². The fourth-order valence-corrected chi connectivity index (χ4v) is 4.44. The summed E-state index contributed by atoms with van der Waals surface area (Å²) in [5.41, 5.74) is 4.06. The van der Waals surface area contributed by atoms with E-state index in [4.69, 9.17) is 11.6 Å². The first-order valence-electron chi connectivity index (χ1n) is 10.2. The summed E-state index contributed by atoms with van der Waals surface area (Å²) in [7, 11) is 0. The van der Waals surface area contributed by atoms with Crippen molar-refractivity contribution in [2.24, 2.45) is 0 Å². The van der Waals surface area contributed by atoms with E-state index >= 15 is 0 Å². The number of anilines is 3. The Morgan fingerprint density at radius 1 is 1.13 bits per heavy atom. The second-order valence-corrected chi connectivity index (χ2v) is 8.15. The number of hydrogen-bond acceptors (Lipinski definition) is 6. The van der Waals surface area contributed by atoms with Crippen molar-refractivity contribution in [1.29, 1.82) is 0 Å². The molecule has 2 atom stereocenters. The molecule has 0 fully saturated rings. The highest BCUT2D eigenvalue weighted by Crippen LogP contribution is 2.34. The Kier molecular flexibility index (Phi) is 4.82. The van der Waals surface area contributed by atoms with Gasteiger partial charge >= 0.3 is 5.91 Å². The summed E-state index contributed by atoms with van der Waals surface area (Å²) in [5.74, 6) is 1.33. The Labute approximate surface area is 185 Å². The van der Waals surface area contributed by atoms with Crippen molar-refractivity contribution in [3.05, 3.63) is 71.0 Å². The molecule has 7 nitrogen and oxygen atoms in total. The van der Waals surface area contributed by atoms with Crippen molar-refractivity contribution in [2.45, 2.75) is 32.5 Å². The van der Waals surface area contributed by atoms with Crippen molar-refractivity contribution in [2.75, 3.05) is 16.0 Å². The SMILES string of the molecule is CC1Nc2ncnc(N[C@@H](C)C3=[N+](c4ccccc4)C(=O)c4c(Cl)cccc4C3)c2N1. The minimum Gasteiger partial charge on any atom is -0.360 e. The molecule has 2 aliphatic rings. The fourth-order valence-electron chi connectivity index (χ4n) is 4.17. The zero-order valence-electron chi connectivity index (χ0n) is 17.2. The van der Waals surface area contributed by atoms with Crippen molar-refractivity contribution < 1.29 is 9.37 Å². The van der Waals surface area contributed by atoms with Crippen molar-refractivity contribution in [3.63, 3.8) is 0 Å². The second kappa shape index (κ2) is 7.67. The van der Waals surface area contributed by atoms with Crippen LogP contribution in [0.15, 0.2) is 54.9 Å². The number of para-hydroxylation sites is 1. The molecule has 3 heterocycles. The number of amides is 1. The van der Waals surface area contributed by atoms with E-state index in [2.05, 4.69) is 25.9 Å². The molecule has 2 aliphatic heterocycles. The first kappa shape index (κ1) is 19.5. The topological polar surface area (TPSA) is 82.0 Å². The van der Waals surface area contributed by atoms with E-state index in [0.717, 1.165) is 28.5 Å². The lowest BCUT2D eigenvalue weighted by Gasteiger charge is -2.22. The van der Waals surface area contributed by atoms with Crippen molar-refractivity contribution >= 4 is 46.2 Å². The normalized spacial score (nSPS) is 18.0. The number of fused-ring (bicyclic) bond motifs is 2. The van der Waals surface area contributed by atoms with Gasteiger partial charge in [-0.1, -0.05) is 41.9 Å². The van der Waals surface area contributed by atoms with Gasteiger partial charge in [0.25, 0.3) is 0 Å². The van der Waals surface area contributed by atoms with E-state index in [1.54, 1.807) is 10.6 Å². The lowest BCUT2D eigenvalue weighted by Crippen LogP contribution is -2.41. The summed E-state index contributed by atoms with van der Waals surface area (Å²) >= 11 is 6.42. The molecule has 5 rings (SSSR count). The average molecular weight is 434 g/mol. The molecule has 1 unspecified atom stereocenters. The number of carbonyl (C=O) groups excluding carboxylic acids is 1. The molecule has 3 aromatic rings. The highest BCUT2D eigenvalue weighted by molar-refractivity contribution is 6.34. The number of nitrogens with one attached hydrogen (secondary N) is 3. The number of halogens is 1. The molecule has 1 aromatic heterocycles. The fraction of sp³-hybridized carbons (Fsp3) is 0.217. The Morgan fingerprint density at radius 3 is 2.74 bits per heavy atom. The predicted octanol–water partition coefficient (Wildman–Crippen LogP) is 4.30. The van der Waals surface area contributed by atoms with Crippen LogP contribution in [0.4, 0.5) is 23.0 Å². The molecule has 1 amide bonds. The number of nitrogens with zero attached hydrogens (tertiary/aromatic N) is 3. The lowest BCUT2D eigenvalue weighted by atomic mass is 9.93. The zero-order valence-corrected chi connectivity index (χ0v) is 17.9. The van der Waals surface area contributed by atoms with Crippen LogP contribution in [0, 0.1) is 0 Å². The van der Waals surface area contributed by atoms with Gasteiger partial charge in [-0.05, 0) is 25.5 Å². The highest BCUT2D eigenvalue weighted by Gasteiger charge is 2.39. The number of carbonyl (C=O) groups is 1. The standard InChI is InChI=1S/C23H22ClN6O/c1-13(27-21-20-22(26-12-25-21)29-14(2)28-20)18-11-15-7-6-10-17(24)19(15)23(31)30(18)16-8-4-3-5-9-16/h3-10,12-14,28H,11H2,1-2H3,(H2,25,26,27,29)/q+1/t13-,14?/m0/s1. The van der Waals surface area contributed by atoms with Gasteiger partial charge in [-0.25, -0.2) is 14.8 Å². The van der Waals surface area contributed by atoms with E-state index in [-0.39, 0.29) is 18.1 Å². The monoisotopic (exact) mass is 433 g/mol. The molecule has 3 N–H and O–H groups in total. The zero-order chi connectivity index (χ0) is 21.5. The molecule has 31 heavy (non-hydrogen) atoms. The van der Waals surface area contributed by atoms with Gasteiger partial charge in [0, 0.05) is 12.1 Å². The number of aromatic nitrogens is 2. The van der Waals surface area contributed by atoms with Crippen LogP contribution in [0.5, 0.6) is 0 Å². The Morgan fingerprint density at radius 2 is 1.94 bits per heavy atom. The van der Waals surface area contributed by atoms with Crippen LogP contribution in [0.3, 0.4) is 0 Å². The summed E-state index contributed by atoms with van der Waals surface area (Å²) in [4.78, 5) is 22.3. The molecule has 0 spiro atoms. The van der Waals surface area contributed by atoms with Gasteiger partial charge in [-0.2, -0.15) is 0 Å². The Bertz CT molecular complexity index is 1210. The average Bonchev–Trinajstić information content (AvgIpc) is 3.15. The molecule has 0 saturated heterocycles. The van der Waals surface area contributed by atoms with Gasteiger partial charge in [0.05, 0.1) is 17.6 Å². The molecular formula is C23H22ClN6O+. The third-order valence-corrected chi connectivity index (χ3v) is 5.92. The quantitative estimate of drug-likeness (QED) is 0.532. The molecule has 8 heteroatoms. The predicted molar refractivity (Wildman–Crippen MR) is 123 cm³/mol. The Balaban J connectivity index is 1.58. The van der Waals surface area contributed by atoms with Crippen LogP contribution < -0.4 is 16.0 Å². The maximum absolute atomic E-state index is 13.6. The van der Waals surface area contributed by atoms with E-state index in [1.807, 2.05) is 56.3 Å². The Hall–Kier alpha value is -3.45. The lowest BCUT2D eigenvalue weighted by molar-refractivity contribution is -0.339. The van der Waals surface area contributed by atoms with Crippen LogP contribution in [0.2, 0.25) is 5.02 Å². The van der Waals surface area contributed by atoms with E-state index in [9.17, 15) is 4.79 Å². The first-order chi connectivity index (χ1) is 15.0. The van der Waals surface area contributed by atoms with Gasteiger partial charge in [-0.15, -0.1) is 4.58 Å². The van der Waals surface area contributed by atoms with Gasteiger partial charge in [0.15, 0.2) is 17.3 Å². The molecule has 0 aliphatic carbocycles. The van der Waals surface area contributed by atoms with Gasteiger partial charge in [0.2, 0.25) is 5.69 Å². The summed E-state index contributed by atoms with van der Waals surface area (Å²) in [6.45, 7) is 4.05. The van der Waals surface area contributed by atoms with Crippen LogP contribution >= 0.6 is 11.6 Å². The molecule has 0 bridgehead atoms. The minimum atomic E-state index is -0.173. The summed E-state index contributed by atoms with van der Waals surface area (Å²) < 4.78 is 1.77. The molecule has 156 valence electrons. The number of benzene rings is 2. The van der Waals surface area contributed by atoms with Crippen LogP contribution in [0.1, 0.15) is 29.8 Å². The van der Waals surface area contributed by atoms with Crippen molar-refractivity contribution in [1.82, 2.24) is 9.97 Å². The number of hydrogen-bond donors (Lipinski definition) is 3. The van der Waals surface area contributed by atoms with Crippen LogP contribution in [-0.2, 0) is 6.42 Å². The minimum absolute atomic E-state index is 0.0707. The number of rotatable bonds is 4. The maximum atomic E-state index is 13.6. The second-order valence-electron chi connectivity index (χ2n) is 7.74. The van der Waals surface area contributed by atoms with Crippen LogP contribution in [-0.4, -0.2) is 38.4 Å².